The van der Waals surface area contributed by atoms with Gasteiger partial charge in [-0.15, -0.1) is 0 Å². The van der Waals surface area contributed by atoms with Gasteiger partial charge in [-0.1, -0.05) is 0 Å². The Labute approximate surface area is 109 Å². The predicted octanol–water partition coefficient (Wildman–Crippen LogP) is -0.836. The number of rotatable bonds is 5. The summed E-state index contributed by atoms with van der Waals surface area (Å²) in [5.41, 5.74) is -0.0246. The number of nitrogens with zero attached hydrogens (tertiary/aromatic N) is 2. The summed E-state index contributed by atoms with van der Waals surface area (Å²) in [7, 11) is 2.72. The van der Waals surface area contributed by atoms with Crippen LogP contribution in [-0.2, 0) is 21.3 Å². The molecule has 0 aromatic carbocycles. The van der Waals surface area contributed by atoms with Gasteiger partial charge in [-0.2, -0.15) is 0 Å². The van der Waals surface area contributed by atoms with Crippen LogP contribution in [0.3, 0.4) is 0 Å². The van der Waals surface area contributed by atoms with Crippen LogP contribution in [0.25, 0.3) is 0 Å². The molecule has 0 fully saturated rings. The van der Waals surface area contributed by atoms with Gasteiger partial charge >= 0.3 is 11.9 Å². The van der Waals surface area contributed by atoms with Gasteiger partial charge in [-0.25, -0.2) is 14.6 Å². The highest BCUT2D eigenvalue weighted by Gasteiger charge is 2.30. The first-order valence-corrected chi connectivity index (χ1v) is 5.56. The summed E-state index contributed by atoms with van der Waals surface area (Å²) in [6.07, 6.45) is -2.02. The van der Waals surface area contributed by atoms with Gasteiger partial charge < -0.3 is 24.3 Å². The van der Waals surface area contributed by atoms with E-state index in [1.54, 1.807) is 6.92 Å². The van der Waals surface area contributed by atoms with E-state index in [9.17, 15) is 19.8 Å². The van der Waals surface area contributed by atoms with Gasteiger partial charge in [0, 0.05) is 13.2 Å². The molecule has 106 valence electrons. The van der Waals surface area contributed by atoms with Crippen molar-refractivity contribution in [2.75, 3.05) is 13.7 Å². The maximum absolute atomic E-state index is 11.3. The lowest BCUT2D eigenvalue weighted by Gasteiger charge is -2.14. The molecule has 2 N–H and O–H groups in total. The van der Waals surface area contributed by atoms with E-state index in [0.29, 0.717) is 0 Å². The van der Waals surface area contributed by atoms with Crippen molar-refractivity contribution in [1.82, 2.24) is 9.55 Å². The van der Waals surface area contributed by atoms with Crippen LogP contribution in [-0.4, -0.2) is 51.5 Å². The maximum atomic E-state index is 11.3. The number of aliphatic hydroxyl groups is 2. The molecule has 2 atom stereocenters. The Hall–Kier alpha value is -1.93. The Morgan fingerprint density at radius 2 is 2.11 bits per heavy atom. The van der Waals surface area contributed by atoms with E-state index in [2.05, 4.69) is 14.5 Å². The minimum Gasteiger partial charge on any atom is -0.464 e. The molecule has 8 heteroatoms. The molecule has 0 bridgehead atoms. The molecule has 0 aliphatic carbocycles. The van der Waals surface area contributed by atoms with Crippen LogP contribution in [0.2, 0.25) is 0 Å². The standard InChI is InChI=1S/C11H16N2O6/c1-4-19-10(16)8(15)7(14)6-5-13(2)9(12-6)11(17)18-3/h5,7-8,14-15H,4H2,1-3H3. The highest BCUT2D eigenvalue weighted by atomic mass is 16.5. The first kappa shape index (κ1) is 15.1. The van der Waals surface area contributed by atoms with Crippen molar-refractivity contribution in [3.8, 4) is 0 Å². The number of imidazole rings is 1. The molecule has 19 heavy (non-hydrogen) atoms. The minimum absolute atomic E-state index is 0.0246. The number of carbonyl (C=O) groups is 2. The van der Waals surface area contributed by atoms with Crippen molar-refractivity contribution in [3.05, 3.63) is 17.7 Å². The second-order valence-electron chi connectivity index (χ2n) is 3.73. The highest BCUT2D eigenvalue weighted by molar-refractivity contribution is 5.85. The fraction of sp³-hybridized carbons (Fsp3) is 0.545. The van der Waals surface area contributed by atoms with Gasteiger partial charge in [0.15, 0.2) is 6.10 Å². The summed E-state index contributed by atoms with van der Waals surface area (Å²) >= 11 is 0. The molecule has 0 spiro atoms. The third-order valence-corrected chi connectivity index (χ3v) is 2.39. The molecule has 0 saturated heterocycles. The molecule has 1 aromatic rings. The highest BCUT2D eigenvalue weighted by Crippen LogP contribution is 2.17. The maximum Gasteiger partial charge on any atom is 0.374 e. The second-order valence-corrected chi connectivity index (χ2v) is 3.73. The fourth-order valence-electron chi connectivity index (χ4n) is 1.43. The van der Waals surface area contributed by atoms with E-state index in [4.69, 9.17) is 0 Å². The van der Waals surface area contributed by atoms with Gasteiger partial charge in [0.25, 0.3) is 0 Å². The topological polar surface area (TPSA) is 111 Å². The van der Waals surface area contributed by atoms with Gasteiger partial charge in [0.2, 0.25) is 5.82 Å². The molecule has 0 radical (unpaired) electrons. The lowest BCUT2D eigenvalue weighted by atomic mass is 10.1. The van der Waals surface area contributed by atoms with Gasteiger partial charge in [-0.3, -0.25) is 0 Å². The summed E-state index contributed by atoms with van der Waals surface area (Å²) < 4.78 is 10.4. The molecule has 0 aliphatic heterocycles. The Morgan fingerprint density at radius 1 is 1.47 bits per heavy atom. The Morgan fingerprint density at radius 3 is 2.63 bits per heavy atom. The first-order valence-electron chi connectivity index (χ1n) is 5.56. The summed E-state index contributed by atoms with van der Waals surface area (Å²) in [6, 6.07) is 0. The van der Waals surface area contributed by atoms with E-state index in [1.807, 2.05) is 0 Å². The number of aromatic nitrogens is 2. The Kier molecular flexibility index (Phi) is 5.02. The Balaban J connectivity index is 2.91. The normalized spacial score (nSPS) is 13.7. The van der Waals surface area contributed by atoms with Crippen LogP contribution in [0, 0.1) is 0 Å². The zero-order valence-electron chi connectivity index (χ0n) is 10.9. The average Bonchev–Trinajstić information content (AvgIpc) is 2.78. The summed E-state index contributed by atoms with van der Waals surface area (Å²) in [5, 5.41) is 19.4. The molecule has 1 aromatic heterocycles. The van der Waals surface area contributed by atoms with Crippen molar-refractivity contribution in [3.63, 3.8) is 0 Å². The molecular formula is C11H16N2O6. The van der Waals surface area contributed by atoms with E-state index in [0.717, 1.165) is 0 Å². The lowest BCUT2D eigenvalue weighted by Crippen LogP contribution is -2.30. The summed E-state index contributed by atoms with van der Waals surface area (Å²) in [5.74, 6) is -1.69. The molecule has 8 nitrogen and oxygen atoms in total. The summed E-state index contributed by atoms with van der Waals surface area (Å²) in [6.45, 7) is 1.66. The number of hydrogen-bond acceptors (Lipinski definition) is 7. The molecule has 1 rings (SSSR count). The van der Waals surface area contributed by atoms with Crippen molar-refractivity contribution in [2.24, 2.45) is 7.05 Å². The SMILES string of the molecule is CCOC(=O)C(O)C(O)c1cn(C)c(C(=O)OC)n1. The van der Waals surface area contributed by atoms with E-state index in [-0.39, 0.29) is 18.1 Å². The third-order valence-electron chi connectivity index (χ3n) is 2.39. The van der Waals surface area contributed by atoms with Gasteiger partial charge in [0.1, 0.15) is 6.10 Å². The van der Waals surface area contributed by atoms with Crippen molar-refractivity contribution >= 4 is 11.9 Å². The van der Waals surface area contributed by atoms with Crippen LogP contribution in [0.15, 0.2) is 6.20 Å². The number of carbonyl (C=O) groups excluding carboxylic acids is 2. The zero-order chi connectivity index (χ0) is 14.6. The van der Waals surface area contributed by atoms with Crippen LogP contribution in [0.4, 0.5) is 0 Å². The fourth-order valence-corrected chi connectivity index (χ4v) is 1.43. The number of methoxy groups -OCH3 is 1. The molecular weight excluding hydrogens is 256 g/mol. The van der Waals surface area contributed by atoms with E-state index < -0.39 is 24.1 Å². The second kappa shape index (κ2) is 6.30. The zero-order valence-corrected chi connectivity index (χ0v) is 10.9. The van der Waals surface area contributed by atoms with Crippen LogP contribution in [0.1, 0.15) is 29.3 Å². The number of aliphatic hydroxyl groups excluding tert-OH is 2. The van der Waals surface area contributed by atoms with Crippen molar-refractivity contribution < 1.29 is 29.3 Å². The number of aryl methyl sites for hydroxylation is 1. The van der Waals surface area contributed by atoms with E-state index >= 15 is 0 Å². The smallest absolute Gasteiger partial charge is 0.374 e. The van der Waals surface area contributed by atoms with E-state index in [1.165, 1.54) is 24.9 Å². The molecule has 0 saturated carbocycles. The number of hydrogen-bond donors (Lipinski definition) is 2. The Bertz CT molecular complexity index is 470. The van der Waals surface area contributed by atoms with Crippen LogP contribution < -0.4 is 0 Å². The lowest BCUT2D eigenvalue weighted by molar-refractivity contribution is -0.159. The van der Waals surface area contributed by atoms with Gasteiger partial charge in [0.05, 0.1) is 19.4 Å². The van der Waals surface area contributed by atoms with Gasteiger partial charge in [-0.05, 0) is 6.92 Å². The molecule has 2 unspecified atom stereocenters. The summed E-state index contributed by atoms with van der Waals surface area (Å²) in [4.78, 5) is 26.4. The monoisotopic (exact) mass is 272 g/mol. The number of ether oxygens (including phenoxy) is 2. The predicted molar refractivity (Wildman–Crippen MR) is 62.1 cm³/mol. The minimum atomic E-state index is -1.76. The molecule has 0 aliphatic rings. The van der Waals surface area contributed by atoms with Crippen LogP contribution in [0.5, 0.6) is 0 Å². The van der Waals surface area contributed by atoms with Crippen LogP contribution >= 0.6 is 0 Å². The first-order chi connectivity index (χ1) is 8.92. The van der Waals surface area contributed by atoms with Crippen molar-refractivity contribution in [2.45, 2.75) is 19.1 Å². The molecule has 1 heterocycles. The largest absolute Gasteiger partial charge is 0.464 e. The quantitative estimate of drug-likeness (QED) is 0.672. The van der Waals surface area contributed by atoms with Crippen molar-refractivity contribution in [1.29, 1.82) is 0 Å². The average molecular weight is 272 g/mol. The molecule has 0 amide bonds. The number of esters is 2. The third kappa shape index (κ3) is 3.30.